The second-order valence-electron chi connectivity index (χ2n) is 6.19. The standard InChI is InChI=1S/C17H19N5O2S/c1-9(2)7-14-21-22-17(25-14)18-16(24)13-8-12(19-20-13)11-6-4-5-10(3)15(11)23/h4-6,8-9,23H,7H2,1-3H3,(H,19,20)(H,18,22,24). The summed E-state index contributed by atoms with van der Waals surface area (Å²) in [6, 6.07) is 6.99. The van der Waals surface area contributed by atoms with E-state index in [1.807, 2.05) is 19.1 Å². The highest BCUT2D eigenvalue weighted by molar-refractivity contribution is 7.15. The molecule has 0 saturated heterocycles. The van der Waals surface area contributed by atoms with Gasteiger partial charge >= 0.3 is 0 Å². The summed E-state index contributed by atoms with van der Waals surface area (Å²) >= 11 is 1.36. The third-order valence-electron chi connectivity index (χ3n) is 3.61. The fourth-order valence-electron chi connectivity index (χ4n) is 2.34. The number of aromatic amines is 1. The highest BCUT2D eigenvalue weighted by Crippen LogP contribution is 2.30. The molecule has 25 heavy (non-hydrogen) atoms. The average Bonchev–Trinajstić information content (AvgIpc) is 3.19. The first kappa shape index (κ1) is 17.1. The third kappa shape index (κ3) is 3.85. The number of aromatic nitrogens is 4. The molecule has 0 aliphatic rings. The molecule has 1 amide bonds. The van der Waals surface area contributed by atoms with E-state index >= 15 is 0 Å². The van der Waals surface area contributed by atoms with Crippen molar-refractivity contribution in [2.75, 3.05) is 5.32 Å². The van der Waals surface area contributed by atoms with E-state index in [9.17, 15) is 9.90 Å². The molecule has 2 heterocycles. The van der Waals surface area contributed by atoms with Crippen molar-refractivity contribution in [2.24, 2.45) is 5.92 Å². The largest absolute Gasteiger partial charge is 0.507 e. The summed E-state index contributed by atoms with van der Waals surface area (Å²) in [5, 5.41) is 29.1. The zero-order valence-corrected chi connectivity index (χ0v) is 15.0. The fraction of sp³-hybridized carbons (Fsp3) is 0.294. The Morgan fingerprint density at radius 2 is 2.16 bits per heavy atom. The number of rotatable bonds is 5. The van der Waals surface area contributed by atoms with Gasteiger partial charge in [-0.15, -0.1) is 10.2 Å². The molecule has 0 aliphatic heterocycles. The molecule has 3 rings (SSSR count). The lowest BCUT2D eigenvalue weighted by Crippen LogP contribution is -2.12. The number of H-pyrrole nitrogens is 1. The average molecular weight is 357 g/mol. The number of aryl methyl sites for hydroxylation is 1. The first-order valence-corrected chi connectivity index (χ1v) is 8.73. The molecule has 0 saturated carbocycles. The van der Waals surface area contributed by atoms with Gasteiger partial charge in [0.05, 0.1) is 5.69 Å². The summed E-state index contributed by atoms with van der Waals surface area (Å²) in [7, 11) is 0. The minimum Gasteiger partial charge on any atom is -0.507 e. The van der Waals surface area contributed by atoms with E-state index in [0.29, 0.717) is 22.3 Å². The van der Waals surface area contributed by atoms with Crippen LogP contribution in [0.15, 0.2) is 24.3 Å². The van der Waals surface area contributed by atoms with Crippen molar-refractivity contribution in [1.29, 1.82) is 0 Å². The van der Waals surface area contributed by atoms with Crippen LogP contribution in [0.2, 0.25) is 0 Å². The highest BCUT2D eigenvalue weighted by Gasteiger charge is 2.16. The number of benzene rings is 1. The van der Waals surface area contributed by atoms with Crippen LogP contribution < -0.4 is 5.32 Å². The Bertz CT molecular complexity index is 900. The van der Waals surface area contributed by atoms with Crippen LogP contribution in [0, 0.1) is 12.8 Å². The van der Waals surface area contributed by atoms with Gasteiger partial charge in [0.15, 0.2) is 0 Å². The lowest BCUT2D eigenvalue weighted by molar-refractivity contribution is 0.102. The summed E-state index contributed by atoms with van der Waals surface area (Å²) in [6.45, 7) is 6.02. The molecule has 7 nitrogen and oxygen atoms in total. The van der Waals surface area contributed by atoms with Crippen LogP contribution in [0.3, 0.4) is 0 Å². The van der Waals surface area contributed by atoms with Crippen molar-refractivity contribution in [2.45, 2.75) is 27.2 Å². The molecule has 2 aromatic heterocycles. The van der Waals surface area contributed by atoms with E-state index in [0.717, 1.165) is 17.0 Å². The number of carbonyl (C=O) groups is 1. The van der Waals surface area contributed by atoms with E-state index in [2.05, 4.69) is 39.6 Å². The number of phenolic OH excluding ortho intramolecular Hbond substituents is 1. The summed E-state index contributed by atoms with van der Waals surface area (Å²) < 4.78 is 0. The summed E-state index contributed by atoms with van der Waals surface area (Å²) in [5.41, 5.74) is 2.11. The van der Waals surface area contributed by atoms with Crippen molar-refractivity contribution in [3.8, 4) is 17.0 Å². The lowest BCUT2D eigenvalue weighted by atomic mass is 10.1. The summed E-state index contributed by atoms with van der Waals surface area (Å²) in [6.07, 6.45) is 0.828. The van der Waals surface area contributed by atoms with Gasteiger partial charge in [0.2, 0.25) is 5.13 Å². The Morgan fingerprint density at radius 1 is 1.36 bits per heavy atom. The number of para-hydroxylation sites is 1. The van der Waals surface area contributed by atoms with Gasteiger partial charge in [0.1, 0.15) is 16.5 Å². The van der Waals surface area contributed by atoms with Gasteiger partial charge in [-0.2, -0.15) is 5.10 Å². The van der Waals surface area contributed by atoms with E-state index in [1.54, 1.807) is 12.1 Å². The molecule has 3 aromatic rings. The van der Waals surface area contributed by atoms with Crippen LogP contribution in [0.1, 0.15) is 34.9 Å². The molecule has 0 unspecified atom stereocenters. The maximum absolute atomic E-state index is 12.3. The third-order valence-corrected chi connectivity index (χ3v) is 4.47. The molecule has 8 heteroatoms. The normalized spacial score (nSPS) is 11.0. The van der Waals surface area contributed by atoms with E-state index < -0.39 is 0 Å². The number of hydrogen-bond donors (Lipinski definition) is 3. The minimum atomic E-state index is -0.349. The maximum atomic E-state index is 12.3. The monoisotopic (exact) mass is 357 g/mol. The predicted molar refractivity (Wildman–Crippen MR) is 96.8 cm³/mol. The van der Waals surface area contributed by atoms with Crippen molar-refractivity contribution >= 4 is 22.4 Å². The SMILES string of the molecule is Cc1cccc(-c2cc(C(=O)Nc3nnc(CC(C)C)s3)[nH]n2)c1O. The Kier molecular flexibility index (Phi) is 4.80. The Hall–Kier alpha value is -2.74. The summed E-state index contributed by atoms with van der Waals surface area (Å²) in [5.74, 6) is 0.287. The number of carbonyl (C=O) groups excluding carboxylic acids is 1. The van der Waals surface area contributed by atoms with Crippen LogP contribution in [0.25, 0.3) is 11.3 Å². The molecule has 0 atom stereocenters. The second-order valence-corrected chi connectivity index (χ2v) is 7.25. The molecule has 1 aromatic carbocycles. The number of nitrogens with zero attached hydrogens (tertiary/aromatic N) is 3. The van der Waals surface area contributed by atoms with E-state index in [-0.39, 0.29) is 17.4 Å². The number of nitrogens with one attached hydrogen (secondary N) is 2. The second kappa shape index (κ2) is 7.02. The zero-order valence-electron chi connectivity index (χ0n) is 14.2. The number of anilines is 1. The van der Waals surface area contributed by atoms with Crippen molar-refractivity contribution < 1.29 is 9.90 Å². The lowest BCUT2D eigenvalue weighted by Gasteiger charge is -2.03. The molecule has 0 bridgehead atoms. The van der Waals surface area contributed by atoms with Gasteiger partial charge in [0, 0.05) is 12.0 Å². The quantitative estimate of drug-likeness (QED) is 0.649. The molecular formula is C17H19N5O2S. The molecule has 3 N–H and O–H groups in total. The molecule has 130 valence electrons. The van der Waals surface area contributed by atoms with Crippen LogP contribution >= 0.6 is 11.3 Å². The Morgan fingerprint density at radius 3 is 2.92 bits per heavy atom. The number of aromatic hydroxyl groups is 1. The first-order valence-electron chi connectivity index (χ1n) is 7.92. The van der Waals surface area contributed by atoms with Crippen molar-refractivity contribution in [3.05, 3.63) is 40.5 Å². The van der Waals surface area contributed by atoms with E-state index in [4.69, 9.17) is 0 Å². The number of phenols is 1. The zero-order chi connectivity index (χ0) is 18.0. The maximum Gasteiger partial charge on any atom is 0.275 e. The molecular weight excluding hydrogens is 338 g/mol. The van der Waals surface area contributed by atoms with E-state index in [1.165, 1.54) is 11.3 Å². The van der Waals surface area contributed by atoms with Gasteiger partial charge in [-0.1, -0.05) is 37.3 Å². The molecule has 0 fully saturated rings. The molecule has 0 radical (unpaired) electrons. The number of hydrogen-bond acceptors (Lipinski definition) is 6. The summed E-state index contributed by atoms with van der Waals surface area (Å²) in [4.78, 5) is 12.3. The first-order chi connectivity index (χ1) is 11.9. The Balaban J connectivity index is 1.74. The van der Waals surface area contributed by atoms with Crippen molar-refractivity contribution in [3.63, 3.8) is 0 Å². The van der Waals surface area contributed by atoms with Crippen LogP contribution in [0.4, 0.5) is 5.13 Å². The van der Waals surface area contributed by atoms with Crippen molar-refractivity contribution in [1.82, 2.24) is 20.4 Å². The fourth-order valence-corrected chi connectivity index (χ4v) is 3.29. The van der Waals surface area contributed by atoms with Crippen LogP contribution in [-0.2, 0) is 6.42 Å². The van der Waals surface area contributed by atoms with Gasteiger partial charge in [-0.3, -0.25) is 15.2 Å². The van der Waals surface area contributed by atoms with Crippen LogP contribution in [0.5, 0.6) is 5.75 Å². The van der Waals surface area contributed by atoms with Gasteiger partial charge in [0.25, 0.3) is 5.91 Å². The molecule has 0 spiro atoms. The predicted octanol–water partition coefficient (Wildman–Crippen LogP) is 3.39. The topological polar surface area (TPSA) is 104 Å². The van der Waals surface area contributed by atoms with Crippen LogP contribution in [-0.4, -0.2) is 31.4 Å². The number of amides is 1. The molecule has 0 aliphatic carbocycles. The minimum absolute atomic E-state index is 0.156. The Labute approximate surface area is 149 Å². The van der Waals surface area contributed by atoms with Gasteiger partial charge in [-0.25, -0.2) is 0 Å². The van der Waals surface area contributed by atoms with Gasteiger partial charge in [-0.05, 0) is 30.5 Å². The smallest absolute Gasteiger partial charge is 0.275 e. The van der Waals surface area contributed by atoms with Gasteiger partial charge < -0.3 is 5.11 Å². The highest BCUT2D eigenvalue weighted by atomic mass is 32.1.